The van der Waals surface area contributed by atoms with Crippen LogP contribution in [0.2, 0.25) is 0 Å². The molecule has 0 saturated carbocycles. The second-order valence-electron chi connectivity index (χ2n) is 4.48. The Morgan fingerprint density at radius 2 is 1.88 bits per heavy atom. The Morgan fingerprint density at radius 1 is 1.25 bits per heavy atom. The molecule has 0 spiro atoms. The van der Waals surface area contributed by atoms with Crippen molar-refractivity contribution in [2.75, 3.05) is 18.8 Å². The number of hydrogen-bond donors (Lipinski definition) is 2. The van der Waals surface area contributed by atoms with Crippen LogP contribution < -0.4 is 11.1 Å². The average molecular weight is 220 g/mol. The standard InChI is InChI=1S/C8H11N.C6H13N/c1-2-7-5-3-4-6-8(7)9;1-6-2-4-7-5-3-6/h3-6H,2,9H2,1H3;6-7H,2-5H2,1H3. The first-order valence-electron chi connectivity index (χ1n) is 6.28. The van der Waals surface area contributed by atoms with E-state index in [0.29, 0.717) is 0 Å². The Hall–Kier alpha value is -1.02. The smallest absolute Gasteiger partial charge is 0.0346 e. The highest BCUT2D eigenvalue weighted by Gasteiger charge is 2.05. The van der Waals surface area contributed by atoms with Crippen molar-refractivity contribution in [2.24, 2.45) is 5.92 Å². The van der Waals surface area contributed by atoms with Crippen molar-refractivity contribution in [1.82, 2.24) is 5.32 Å². The van der Waals surface area contributed by atoms with Gasteiger partial charge in [0.15, 0.2) is 0 Å². The lowest BCUT2D eigenvalue weighted by Gasteiger charge is -2.17. The summed E-state index contributed by atoms with van der Waals surface area (Å²) in [4.78, 5) is 0. The lowest BCUT2D eigenvalue weighted by Crippen LogP contribution is -2.26. The number of rotatable bonds is 1. The monoisotopic (exact) mass is 220 g/mol. The summed E-state index contributed by atoms with van der Waals surface area (Å²) in [5.74, 6) is 0.973. The molecule has 2 nitrogen and oxygen atoms in total. The molecule has 1 fully saturated rings. The van der Waals surface area contributed by atoms with Crippen LogP contribution in [-0.4, -0.2) is 13.1 Å². The van der Waals surface area contributed by atoms with E-state index in [2.05, 4.69) is 25.2 Å². The number of piperidine rings is 1. The van der Waals surface area contributed by atoms with E-state index in [1.807, 2.05) is 18.2 Å². The van der Waals surface area contributed by atoms with Gasteiger partial charge in [0.05, 0.1) is 0 Å². The van der Waals surface area contributed by atoms with E-state index in [0.717, 1.165) is 18.0 Å². The number of anilines is 1. The molecule has 90 valence electrons. The summed E-state index contributed by atoms with van der Waals surface area (Å²) < 4.78 is 0. The van der Waals surface area contributed by atoms with Crippen LogP contribution in [0.25, 0.3) is 0 Å². The molecule has 0 atom stereocenters. The predicted molar refractivity (Wildman–Crippen MR) is 71.5 cm³/mol. The van der Waals surface area contributed by atoms with Crippen LogP contribution in [0.1, 0.15) is 32.3 Å². The molecular weight excluding hydrogens is 196 g/mol. The van der Waals surface area contributed by atoms with E-state index in [9.17, 15) is 0 Å². The Bertz CT molecular complexity index is 291. The van der Waals surface area contributed by atoms with Gasteiger partial charge in [0.25, 0.3) is 0 Å². The summed E-state index contributed by atoms with van der Waals surface area (Å²) in [5.41, 5.74) is 7.77. The topological polar surface area (TPSA) is 38.0 Å². The minimum Gasteiger partial charge on any atom is -0.399 e. The van der Waals surface area contributed by atoms with Crippen molar-refractivity contribution in [2.45, 2.75) is 33.1 Å². The molecule has 1 aromatic carbocycles. The summed E-state index contributed by atoms with van der Waals surface area (Å²) in [7, 11) is 0. The average Bonchev–Trinajstić information content (AvgIpc) is 2.31. The minimum atomic E-state index is 0.903. The number of nitrogen functional groups attached to an aromatic ring is 1. The number of aryl methyl sites for hydroxylation is 1. The van der Waals surface area contributed by atoms with E-state index >= 15 is 0 Å². The van der Waals surface area contributed by atoms with Crippen molar-refractivity contribution in [3.63, 3.8) is 0 Å². The van der Waals surface area contributed by atoms with Crippen LogP contribution in [0.5, 0.6) is 0 Å². The first-order chi connectivity index (χ1) is 7.74. The fourth-order valence-corrected chi connectivity index (χ4v) is 1.82. The van der Waals surface area contributed by atoms with E-state index < -0.39 is 0 Å². The maximum absolute atomic E-state index is 5.63. The fourth-order valence-electron chi connectivity index (χ4n) is 1.82. The molecule has 1 aliphatic heterocycles. The molecule has 2 heteroatoms. The Balaban J connectivity index is 0.000000165. The molecule has 3 N–H and O–H groups in total. The van der Waals surface area contributed by atoms with Crippen LogP contribution in [0, 0.1) is 5.92 Å². The minimum absolute atomic E-state index is 0.903. The zero-order valence-electron chi connectivity index (χ0n) is 10.5. The van der Waals surface area contributed by atoms with E-state index in [4.69, 9.17) is 5.73 Å². The zero-order valence-corrected chi connectivity index (χ0v) is 10.5. The quantitative estimate of drug-likeness (QED) is 0.714. The molecule has 2 rings (SSSR count). The van der Waals surface area contributed by atoms with Gasteiger partial charge in [0, 0.05) is 5.69 Å². The number of nitrogens with two attached hydrogens (primary N) is 1. The summed E-state index contributed by atoms with van der Waals surface area (Å²) in [6, 6.07) is 7.94. The highest BCUT2D eigenvalue weighted by molar-refractivity contribution is 5.46. The van der Waals surface area contributed by atoms with Crippen molar-refractivity contribution in [3.8, 4) is 0 Å². The van der Waals surface area contributed by atoms with Crippen LogP contribution in [0.3, 0.4) is 0 Å². The predicted octanol–water partition coefficient (Wildman–Crippen LogP) is 2.84. The van der Waals surface area contributed by atoms with Gasteiger partial charge in [-0.1, -0.05) is 32.0 Å². The number of para-hydroxylation sites is 1. The normalized spacial score (nSPS) is 16.4. The van der Waals surface area contributed by atoms with Gasteiger partial charge >= 0.3 is 0 Å². The first-order valence-corrected chi connectivity index (χ1v) is 6.28. The first kappa shape index (κ1) is 13.0. The van der Waals surface area contributed by atoms with Crippen molar-refractivity contribution in [3.05, 3.63) is 29.8 Å². The fraction of sp³-hybridized carbons (Fsp3) is 0.571. The molecule has 1 saturated heterocycles. The van der Waals surface area contributed by atoms with E-state index in [1.165, 1.54) is 31.5 Å². The van der Waals surface area contributed by atoms with Crippen molar-refractivity contribution >= 4 is 5.69 Å². The summed E-state index contributed by atoms with van der Waals surface area (Å²) in [6.45, 7) is 6.90. The van der Waals surface area contributed by atoms with Crippen LogP contribution in [-0.2, 0) is 6.42 Å². The second kappa shape index (κ2) is 7.29. The van der Waals surface area contributed by atoms with Gasteiger partial charge < -0.3 is 11.1 Å². The molecule has 1 aliphatic rings. The molecule has 0 amide bonds. The Morgan fingerprint density at radius 3 is 2.25 bits per heavy atom. The van der Waals surface area contributed by atoms with Gasteiger partial charge in [-0.15, -0.1) is 0 Å². The molecule has 0 radical (unpaired) electrons. The van der Waals surface area contributed by atoms with Gasteiger partial charge in [0.1, 0.15) is 0 Å². The third-order valence-electron chi connectivity index (χ3n) is 3.06. The highest BCUT2D eigenvalue weighted by atomic mass is 14.9. The van der Waals surface area contributed by atoms with Gasteiger partial charge in [-0.3, -0.25) is 0 Å². The Kier molecular flexibility index (Phi) is 5.94. The third-order valence-corrected chi connectivity index (χ3v) is 3.06. The summed E-state index contributed by atoms with van der Waals surface area (Å²) in [6.07, 6.45) is 3.77. The van der Waals surface area contributed by atoms with Crippen molar-refractivity contribution in [1.29, 1.82) is 0 Å². The van der Waals surface area contributed by atoms with Gasteiger partial charge in [-0.2, -0.15) is 0 Å². The number of nitrogens with one attached hydrogen (secondary N) is 1. The molecule has 0 aliphatic carbocycles. The maximum atomic E-state index is 5.63. The molecule has 0 bridgehead atoms. The number of hydrogen-bond acceptors (Lipinski definition) is 2. The highest BCUT2D eigenvalue weighted by Crippen LogP contribution is 2.09. The van der Waals surface area contributed by atoms with Gasteiger partial charge in [0.2, 0.25) is 0 Å². The number of benzene rings is 1. The maximum Gasteiger partial charge on any atom is 0.0346 e. The summed E-state index contributed by atoms with van der Waals surface area (Å²) >= 11 is 0. The van der Waals surface area contributed by atoms with Crippen molar-refractivity contribution < 1.29 is 0 Å². The largest absolute Gasteiger partial charge is 0.399 e. The third kappa shape index (κ3) is 4.67. The molecule has 1 aromatic rings. The van der Waals surface area contributed by atoms with Gasteiger partial charge in [-0.05, 0) is 49.9 Å². The zero-order chi connectivity index (χ0) is 11.8. The van der Waals surface area contributed by atoms with Crippen LogP contribution in [0.15, 0.2) is 24.3 Å². The molecular formula is C14H24N2. The van der Waals surface area contributed by atoms with Crippen LogP contribution in [0.4, 0.5) is 5.69 Å². The van der Waals surface area contributed by atoms with Crippen LogP contribution >= 0.6 is 0 Å². The molecule has 1 heterocycles. The summed E-state index contributed by atoms with van der Waals surface area (Å²) in [5, 5.41) is 3.32. The lowest BCUT2D eigenvalue weighted by molar-refractivity contribution is 0.402. The van der Waals surface area contributed by atoms with Gasteiger partial charge in [-0.25, -0.2) is 0 Å². The SMILES string of the molecule is CC1CCNCC1.CCc1ccccc1N. The van der Waals surface area contributed by atoms with E-state index in [-0.39, 0.29) is 0 Å². The second-order valence-corrected chi connectivity index (χ2v) is 4.48. The molecule has 0 aromatic heterocycles. The molecule has 0 unspecified atom stereocenters. The lowest BCUT2D eigenvalue weighted by atomic mass is 10.0. The van der Waals surface area contributed by atoms with E-state index in [1.54, 1.807) is 0 Å². The Labute approximate surface area is 99.2 Å². The molecule has 16 heavy (non-hydrogen) atoms.